The van der Waals surface area contributed by atoms with Gasteiger partial charge in [0.05, 0.1) is 11.0 Å². The number of H-pyrrole nitrogens is 2. The molecule has 2 N–H and O–H groups in total. The standard InChI is InChI=1S/C16H17BrN2O2/c17-14(11-6-8-1-2-9(11)5-8)10-3-4-12-13(7-10)19-16(21)15(20)18-12/h3-4,7-9,11,14H,1-2,5-6H2,(H,18,20)(H,19,21). The van der Waals surface area contributed by atoms with Gasteiger partial charge in [-0.1, -0.05) is 28.4 Å². The summed E-state index contributed by atoms with van der Waals surface area (Å²) in [6, 6.07) is 5.91. The molecule has 5 heteroatoms. The van der Waals surface area contributed by atoms with Crippen molar-refractivity contribution >= 4 is 27.0 Å². The Hall–Kier alpha value is -1.36. The highest BCUT2D eigenvalue weighted by molar-refractivity contribution is 9.09. The summed E-state index contributed by atoms with van der Waals surface area (Å²) >= 11 is 3.87. The molecule has 1 aromatic heterocycles. The molecule has 2 aromatic rings. The van der Waals surface area contributed by atoms with Crippen molar-refractivity contribution in [3.8, 4) is 0 Å². The van der Waals surface area contributed by atoms with E-state index in [1.54, 1.807) is 0 Å². The summed E-state index contributed by atoms with van der Waals surface area (Å²) < 4.78 is 0. The Morgan fingerprint density at radius 3 is 2.48 bits per heavy atom. The molecule has 0 amide bonds. The average molecular weight is 349 g/mol. The van der Waals surface area contributed by atoms with Gasteiger partial charge in [-0.05, 0) is 54.7 Å². The van der Waals surface area contributed by atoms with Crippen molar-refractivity contribution in [1.29, 1.82) is 0 Å². The molecule has 4 nitrogen and oxygen atoms in total. The number of rotatable bonds is 2. The Bertz CT molecular complexity index is 810. The predicted octanol–water partition coefficient (Wildman–Crippen LogP) is 3.09. The minimum Gasteiger partial charge on any atom is -0.316 e. The number of aromatic amines is 2. The molecule has 1 aromatic carbocycles. The van der Waals surface area contributed by atoms with Gasteiger partial charge < -0.3 is 9.97 Å². The number of benzene rings is 1. The smallest absolute Gasteiger partial charge is 0.314 e. The maximum absolute atomic E-state index is 11.5. The van der Waals surface area contributed by atoms with Crippen LogP contribution in [0.4, 0.5) is 0 Å². The normalized spacial score (nSPS) is 29.1. The van der Waals surface area contributed by atoms with Gasteiger partial charge in [-0.15, -0.1) is 0 Å². The molecule has 2 aliphatic carbocycles. The zero-order valence-corrected chi connectivity index (χ0v) is 13.2. The fourth-order valence-corrected chi connectivity index (χ4v) is 5.14. The first-order chi connectivity index (χ1) is 10.1. The molecule has 0 radical (unpaired) electrons. The summed E-state index contributed by atoms with van der Waals surface area (Å²) in [5.41, 5.74) is 1.37. The minimum absolute atomic E-state index is 0.327. The summed E-state index contributed by atoms with van der Waals surface area (Å²) in [6.45, 7) is 0. The monoisotopic (exact) mass is 348 g/mol. The number of nitrogens with one attached hydrogen (secondary N) is 2. The van der Waals surface area contributed by atoms with Crippen LogP contribution in [0.5, 0.6) is 0 Å². The summed E-state index contributed by atoms with van der Waals surface area (Å²) in [5.74, 6) is 2.44. The molecule has 21 heavy (non-hydrogen) atoms. The van der Waals surface area contributed by atoms with Gasteiger partial charge in [-0.2, -0.15) is 0 Å². The Kier molecular flexibility index (Phi) is 3.06. The molecule has 110 valence electrons. The fourth-order valence-electron chi connectivity index (χ4n) is 4.20. The average Bonchev–Trinajstić information content (AvgIpc) is 3.10. The van der Waals surface area contributed by atoms with Gasteiger partial charge in [0, 0.05) is 4.83 Å². The van der Waals surface area contributed by atoms with Crippen molar-refractivity contribution in [2.45, 2.75) is 30.5 Å². The molecular formula is C16H17BrN2O2. The number of hydrogen-bond acceptors (Lipinski definition) is 2. The van der Waals surface area contributed by atoms with Gasteiger partial charge in [-0.3, -0.25) is 9.59 Å². The first-order valence-corrected chi connectivity index (χ1v) is 8.44. The molecule has 2 bridgehead atoms. The van der Waals surface area contributed by atoms with Crippen LogP contribution in [0.25, 0.3) is 11.0 Å². The maximum atomic E-state index is 11.5. The lowest BCUT2D eigenvalue weighted by atomic mass is 9.84. The van der Waals surface area contributed by atoms with Crippen molar-refractivity contribution in [2.75, 3.05) is 0 Å². The zero-order chi connectivity index (χ0) is 14.6. The van der Waals surface area contributed by atoms with Gasteiger partial charge in [-0.25, -0.2) is 0 Å². The van der Waals surface area contributed by atoms with Crippen LogP contribution in [0.3, 0.4) is 0 Å². The van der Waals surface area contributed by atoms with Crippen LogP contribution in [0.2, 0.25) is 0 Å². The number of aromatic nitrogens is 2. The lowest BCUT2D eigenvalue weighted by Gasteiger charge is -2.27. The second-order valence-electron chi connectivity index (χ2n) is 6.45. The van der Waals surface area contributed by atoms with Gasteiger partial charge in [0.2, 0.25) is 0 Å². The largest absolute Gasteiger partial charge is 0.316 e. The number of halogens is 1. The van der Waals surface area contributed by atoms with E-state index in [0.29, 0.717) is 21.8 Å². The highest BCUT2D eigenvalue weighted by atomic mass is 79.9. The number of alkyl halides is 1. The van der Waals surface area contributed by atoms with Crippen molar-refractivity contribution < 1.29 is 0 Å². The molecule has 2 fully saturated rings. The van der Waals surface area contributed by atoms with E-state index in [-0.39, 0.29) is 0 Å². The molecule has 4 unspecified atom stereocenters. The summed E-state index contributed by atoms with van der Waals surface area (Å²) in [6.07, 6.45) is 5.44. The molecular weight excluding hydrogens is 332 g/mol. The number of fused-ring (bicyclic) bond motifs is 3. The fraction of sp³-hybridized carbons (Fsp3) is 0.500. The molecule has 0 aliphatic heterocycles. The molecule has 2 aliphatic rings. The van der Waals surface area contributed by atoms with Gasteiger partial charge in [0.1, 0.15) is 0 Å². The third-order valence-electron chi connectivity index (χ3n) is 5.23. The highest BCUT2D eigenvalue weighted by Gasteiger charge is 2.42. The van der Waals surface area contributed by atoms with E-state index in [1.165, 1.54) is 31.2 Å². The van der Waals surface area contributed by atoms with E-state index in [1.807, 2.05) is 18.2 Å². The lowest BCUT2D eigenvalue weighted by Crippen LogP contribution is -2.29. The van der Waals surface area contributed by atoms with Crippen molar-refractivity contribution in [2.24, 2.45) is 17.8 Å². The first-order valence-electron chi connectivity index (χ1n) is 7.52. The van der Waals surface area contributed by atoms with Crippen LogP contribution in [0.1, 0.15) is 36.1 Å². The lowest BCUT2D eigenvalue weighted by molar-refractivity contribution is 0.329. The molecule has 0 saturated heterocycles. The van der Waals surface area contributed by atoms with Crippen LogP contribution < -0.4 is 11.1 Å². The first kappa shape index (κ1) is 13.3. The van der Waals surface area contributed by atoms with Crippen molar-refractivity contribution in [1.82, 2.24) is 9.97 Å². The van der Waals surface area contributed by atoms with Gasteiger partial charge in [0.25, 0.3) is 0 Å². The Balaban J connectivity index is 1.71. The van der Waals surface area contributed by atoms with Crippen molar-refractivity contribution in [3.05, 3.63) is 44.5 Å². The molecule has 1 heterocycles. The molecule has 2 saturated carbocycles. The van der Waals surface area contributed by atoms with E-state index in [9.17, 15) is 9.59 Å². The van der Waals surface area contributed by atoms with E-state index in [4.69, 9.17) is 0 Å². The van der Waals surface area contributed by atoms with Crippen LogP contribution in [0, 0.1) is 17.8 Å². The SMILES string of the molecule is O=c1[nH]c2ccc(C(Br)C3CC4CCC3C4)cc2[nH]c1=O. The van der Waals surface area contributed by atoms with Crippen LogP contribution in [-0.2, 0) is 0 Å². The van der Waals surface area contributed by atoms with E-state index in [2.05, 4.69) is 25.9 Å². The second kappa shape index (κ2) is 4.83. The van der Waals surface area contributed by atoms with Crippen LogP contribution in [0.15, 0.2) is 27.8 Å². The van der Waals surface area contributed by atoms with Gasteiger partial charge in [0.15, 0.2) is 0 Å². The van der Waals surface area contributed by atoms with E-state index >= 15 is 0 Å². The Labute approximate surface area is 130 Å². The summed E-state index contributed by atoms with van der Waals surface area (Å²) in [7, 11) is 0. The molecule has 4 rings (SSSR count). The van der Waals surface area contributed by atoms with Crippen LogP contribution >= 0.6 is 15.9 Å². The maximum Gasteiger partial charge on any atom is 0.314 e. The summed E-state index contributed by atoms with van der Waals surface area (Å²) in [5, 5.41) is 0. The molecule has 4 atom stereocenters. The number of hydrogen-bond donors (Lipinski definition) is 2. The third-order valence-corrected chi connectivity index (χ3v) is 6.44. The van der Waals surface area contributed by atoms with E-state index in [0.717, 1.165) is 11.8 Å². The summed E-state index contributed by atoms with van der Waals surface area (Å²) in [4.78, 5) is 28.4. The highest BCUT2D eigenvalue weighted by Crippen LogP contribution is 2.54. The van der Waals surface area contributed by atoms with Crippen LogP contribution in [-0.4, -0.2) is 9.97 Å². The third kappa shape index (κ3) is 2.18. The minimum atomic E-state index is -0.598. The Morgan fingerprint density at radius 1 is 1.05 bits per heavy atom. The predicted molar refractivity (Wildman–Crippen MR) is 85.8 cm³/mol. The second-order valence-corrected chi connectivity index (χ2v) is 7.44. The Morgan fingerprint density at radius 2 is 1.81 bits per heavy atom. The zero-order valence-electron chi connectivity index (χ0n) is 11.6. The van der Waals surface area contributed by atoms with Gasteiger partial charge >= 0.3 is 11.1 Å². The topological polar surface area (TPSA) is 65.7 Å². The van der Waals surface area contributed by atoms with E-state index < -0.39 is 11.1 Å². The molecule has 0 spiro atoms. The quantitative estimate of drug-likeness (QED) is 0.646. The van der Waals surface area contributed by atoms with Crippen molar-refractivity contribution in [3.63, 3.8) is 0 Å².